The van der Waals surface area contributed by atoms with Crippen LogP contribution in [0.4, 0.5) is 0 Å². The Morgan fingerprint density at radius 3 is 1.08 bits per heavy atom. The largest absolute Gasteiger partial charge is 0.315 e. The molecular weight excluding hydrogens is 448 g/mol. The molecule has 0 aromatic heterocycles. The normalized spacial score (nSPS) is 22.9. The van der Waals surface area contributed by atoms with Crippen molar-refractivity contribution in [3.63, 3.8) is 0 Å². The first-order valence-electron chi connectivity index (χ1n) is 14.7. The highest BCUT2D eigenvalue weighted by Gasteiger charge is 2.10. The number of nitrogens with one attached hydrogen (secondary N) is 6. The molecule has 3 rings (SSSR count). The summed E-state index contributed by atoms with van der Waals surface area (Å²) in [5, 5.41) is 21.3. The first kappa shape index (κ1) is 29.5. The van der Waals surface area contributed by atoms with E-state index in [2.05, 4.69) is 66.0 Å². The maximum atomic E-state index is 3.58. The molecule has 2 fully saturated rings. The smallest absolute Gasteiger partial charge is 0.0233 e. The SMILES string of the molecule is c1cc(CN2CCCNCCNCCNCCC2)cc(CN2CCCNCCNCCNCCC2)c1. The minimum Gasteiger partial charge on any atom is -0.315 e. The third kappa shape index (κ3) is 14.0. The maximum Gasteiger partial charge on any atom is 0.0233 e. The van der Waals surface area contributed by atoms with Crippen LogP contribution in [0, 0.1) is 0 Å². The van der Waals surface area contributed by atoms with E-state index in [-0.39, 0.29) is 0 Å². The summed E-state index contributed by atoms with van der Waals surface area (Å²) in [6.07, 6.45) is 4.83. The Bertz CT molecular complexity index is 579. The first-order valence-corrected chi connectivity index (χ1v) is 14.7. The molecule has 8 nitrogen and oxygen atoms in total. The monoisotopic (exact) mass is 502 g/mol. The van der Waals surface area contributed by atoms with Gasteiger partial charge in [0.15, 0.2) is 0 Å². The van der Waals surface area contributed by atoms with E-state index in [1.165, 1.54) is 36.8 Å². The predicted molar refractivity (Wildman–Crippen MR) is 153 cm³/mol. The van der Waals surface area contributed by atoms with E-state index in [1.54, 1.807) is 0 Å². The van der Waals surface area contributed by atoms with Gasteiger partial charge in [0, 0.05) is 65.4 Å². The summed E-state index contributed by atoms with van der Waals surface area (Å²) in [4.78, 5) is 5.31. The van der Waals surface area contributed by atoms with Crippen LogP contribution in [-0.2, 0) is 13.1 Å². The molecule has 2 saturated heterocycles. The third-order valence-electron chi connectivity index (χ3n) is 7.03. The Morgan fingerprint density at radius 2 is 0.750 bits per heavy atom. The second kappa shape index (κ2) is 19.9. The maximum absolute atomic E-state index is 3.58. The van der Waals surface area contributed by atoms with E-state index in [1.807, 2.05) is 0 Å². The molecule has 36 heavy (non-hydrogen) atoms. The summed E-state index contributed by atoms with van der Waals surface area (Å²) in [5.74, 6) is 0. The Hall–Kier alpha value is -1.10. The summed E-state index contributed by atoms with van der Waals surface area (Å²) in [7, 11) is 0. The van der Waals surface area contributed by atoms with Crippen LogP contribution in [0.5, 0.6) is 0 Å². The Morgan fingerprint density at radius 1 is 0.444 bits per heavy atom. The summed E-state index contributed by atoms with van der Waals surface area (Å²) >= 11 is 0. The van der Waals surface area contributed by atoms with Gasteiger partial charge in [-0.05, 0) is 89.2 Å². The molecule has 6 N–H and O–H groups in total. The van der Waals surface area contributed by atoms with Crippen molar-refractivity contribution in [2.24, 2.45) is 0 Å². The molecule has 1 aromatic rings. The highest BCUT2D eigenvalue weighted by Crippen LogP contribution is 2.12. The Kier molecular flexibility index (Phi) is 16.3. The molecule has 0 bridgehead atoms. The van der Waals surface area contributed by atoms with E-state index >= 15 is 0 Å². The molecule has 206 valence electrons. The molecule has 0 saturated carbocycles. The van der Waals surface area contributed by atoms with Gasteiger partial charge >= 0.3 is 0 Å². The van der Waals surface area contributed by atoms with Crippen molar-refractivity contribution in [2.75, 3.05) is 105 Å². The number of hydrogen-bond acceptors (Lipinski definition) is 8. The quantitative estimate of drug-likeness (QED) is 0.354. The van der Waals surface area contributed by atoms with Gasteiger partial charge in [-0.1, -0.05) is 24.3 Å². The molecule has 2 heterocycles. The number of rotatable bonds is 4. The van der Waals surface area contributed by atoms with E-state index in [0.29, 0.717) is 0 Å². The van der Waals surface area contributed by atoms with Gasteiger partial charge < -0.3 is 31.9 Å². The van der Waals surface area contributed by atoms with Crippen LogP contribution in [0.25, 0.3) is 0 Å². The van der Waals surface area contributed by atoms with Gasteiger partial charge in [0.1, 0.15) is 0 Å². The second-order valence-corrected chi connectivity index (χ2v) is 10.3. The van der Waals surface area contributed by atoms with Gasteiger partial charge in [-0.2, -0.15) is 0 Å². The Balaban J connectivity index is 1.50. The van der Waals surface area contributed by atoms with E-state index in [0.717, 1.165) is 118 Å². The van der Waals surface area contributed by atoms with Crippen LogP contribution in [0.1, 0.15) is 36.8 Å². The molecule has 0 atom stereocenters. The lowest BCUT2D eigenvalue weighted by Crippen LogP contribution is -2.36. The number of nitrogens with zero attached hydrogens (tertiary/aromatic N) is 2. The van der Waals surface area contributed by atoms with Crippen molar-refractivity contribution in [2.45, 2.75) is 38.8 Å². The molecule has 0 amide bonds. The van der Waals surface area contributed by atoms with Gasteiger partial charge in [-0.15, -0.1) is 0 Å². The van der Waals surface area contributed by atoms with E-state index in [4.69, 9.17) is 0 Å². The van der Waals surface area contributed by atoms with Gasteiger partial charge in [-0.3, -0.25) is 9.80 Å². The van der Waals surface area contributed by atoms with Crippen molar-refractivity contribution in [1.82, 2.24) is 41.7 Å². The average Bonchev–Trinajstić information content (AvgIpc) is 2.88. The topological polar surface area (TPSA) is 78.7 Å². The minimum atomic E-state index is 1.05. The van der Waals surface area contributed by atoms with Gasteiger partial charge in [-0.25, -0.2) is 0 Å². The zero-order valence-corrected chi connectivity index (χ0v) is 22.8. The lowest BCUT2D eigenvalue weighted by atomic mass is 10.1. The van der Waals surface area contributed by atoms with Gasteiger partial charge in [0.2, 0.25) is 0 Å². The molecular formula is C28H54N8. The Labute approximate surface area is 220 Å². The first-order chi connectivity index (χ1) is 17.9. The fourth-order valence-electron chi connectivity index (χ4n) is 5.05. The van der Waals surface area contributed by atoms with E-state index < -0.39 is 0 Å². The second-order valence-electron chi connectivity index (χ2n) is 10.3. The molecule has 0 unspecified atom stereocenters. The predicted octanol–water partition coefficient (Wildman–Crippen LogP) is 0.416. The standard InChI is InChI=1S/C28H54N8/c1-6-27(25-35-20-2-8-29-12-16-33-17-13-30-9-3-21-35)24-28(7-1)26-36-22-4-10-31-14-18-34-19-15-32-11-5-23-36/h1,6-7,24,29-34H,2-5,8-23,25-26H2. The zero-order valence-electron chi connectivity index (χ0n) is 22.8. The van der Waals surface area contributed by atoms with Crippen molar-refractivity contribution in [3.8, 4) is 0 Å². The van der Waals surface area contributed by atoms with Crippen LogP contribution in [-0.4, -0.2) is 115 Å². The highest BCUT2D eigenvalue weighted by atomic mass is 15.1. The van der Waals surface area contributed by atoms with Crippen LogP contribution in [0.3, 0.4) is 0 Å². The van der Waals surface area contributed by atoms with Crippen molar-refractivity contribution < 1.29 is 0 Å². The van der Waals surface area contributed by atoms with Gasteiger partial charge in [0.25, 0.3) is 0 Å². The highest BCUT2D eigenvalue weighted by molar-refractivity contribution is 5.23. The number of hydrogen-bond donors (Lipinski definition) is 6. The fraction of sp³-hybridized carbons (Fsp3) is 0.786. The summed E-state index contributed by atoms with van der Waals surface area (Å²) in [6.45, 7) is 19.6. The van der Waals surface area contributed by atoms with E-state index in [9.17, 15) is 0 Å². The van der Waals surface area contributed by atoms with Crippen LogP contribution < -0.4 is 31.9 Å². The summed E-state index contributed by atoms with van der Waals surface area (Å²) in [6, 6.07) is 9.37. The molecule has 0 spiro atoms. The molecule has 0 radical (unpaired) electrons. The van der Waals surface area contributed by atoms with Crippen LogP contribution in [0.15, 0.2) is 24.3 Å². The number of benzene rings is 1. The van der Waals surface area contributed by atoms with Crippen molar-refractivity contribution >= 4 is 0 Å². The summed E-state index contributed by atoms with van der Waals surface area (Å²) in [5.41, 5.74) is 2.91. The summed E-state index contributed by atoms with van der Waals surface area (Å²) < 4.78 is 0. The third-order valence-corrected chi connectivity index (χ3v) is 7.03. The lowest BCUT2D eigenvalue weighted by Gasteiger charge is -2.25. The minimum absolute atomic E-state index is 1.05. The molecule has 2 aliphatic rings. The van der Waals surface area contributed by atoms with Gasteiger partial charge in [0.05, 0.1) is 0 Å². The molecule has 1 aromatic carbocycles. The lowest BCUT2D eigenvalue weighted by molar-refractivity contribution is 0.252. The van der Waals surface area contributed by atoms with Crippen LogP contribution >= 0.6 is 0 Å². The zero-order chi connectivity index (χ0) is 24.9. The van der Waals surface area contributed by atoms with Crippen LogP contribution in [0.2, 0.25) is 0 Å². The molecule has 8 heteroatoms. The average molecular weight is 503 g/mol. The fourth-order valence-corrected chi connectivity index (χ4v) is 5.05. The van der Waals surface area contributed by atoms with Crippen molar-refractivity contribution in [3.05, 3.63) is 35.4 Å². The molecule has 0 aliphatic carbocycles. The van der Waals surface area contributed by atoms with Crippen molar-refractivity contribution in [1.29, 1.82) is 0 Å². The molecule has 2 aliphatic heterocycles.